The van der Waals surface area contributed by atoms with Gasteiger partial charge in [-0.05, 0) is 56.5 Å². The molecule has 1 aliphatic heterocycles. The molecule has 1 atom stereocenters. The second-order valence-electron chi connectivity index (χ2n) is 6.48. The summed E-state index contributed by atoms with van der Waals surface area (Å²) >= 11 is 0. The van der Waals surface area contributed by atoms with Gasteiger partial charge in [-0.3, -0.25) is 4.90 Å². The molecule has 3 rings (SSSR count). The second kappa shape index (κ2) is 6.56. The summed E-state index contributed by atoms with van der Waals surface area (Å²) in [5, 5.41) is 3.04. The van der Waals surface area contributed by atoms with Crippen molar-refractivity contribution >= 4 is 17.4 Å². The molecule has 0 saturated carbocycles. The number of amides is 2. The Morgan fingerprint density at radius 1 is 1.17 bits per heavy atom. The molecule has 2 amide bonds. The standard InChI is InChI=1S/C20H24N2O2/c1-5-16-12-22(18-11-14(3)7-9-19(18)24-16)20(23)21-17-8-6-13(2)10-15(17)4/h6-11,16H,5,12H2,1-4H3,(H,21,23)/t16-/m0/s1. The van der Waals surface area contributed by atoms with Crippen LogP contribution in [0.3, 0.4) is 0 Å². The summed E-state index contributed by atoms with van der Waals surface area (Å²) in [6.07, 6.45) is 0.880. The van der Waals surface area contributed by atoms with E-state index in [4.69, 9.17) is 4.74 Å². The highest BCUT2D eigenvalue weighted by Crippen LogP contribution is 2.35. The molecule has 24 heavy (non-hydrogen) atoms. The van der Waals surface area contributed by atoms with Crippen LogP contribution in [0, 0.1) is 20.8 Å². The molecule has 0 unspecified atom stereocenters. The fourth-order valence-electron chi connectivity index (χ4n) is 3.00. The van der Waals surface area contributed by atoms with Crippen LogP contribution in [0.25, 0.3) is 0 Å². The van der Waals surface area contributed by atoms with E-state index in [1.807, 2.05) is 51.1 Å². The number of aryl methyl sites for hydroxylation is 3. The van der Waals surface area contributed by atoms with Gasteiger partial charge >= 0.3 is 6.03 Å². The molecule has 4 nitrogen and oxygen atoms in total. The van der Waals surface area contributed by atoms with Gasteiger partial charge in [-0.2, -0.15) is 0 Å². The number of benzene rings is 2. The zero-order valence-corrected chi connectivity index (χ0v) is 14.7. The van der Waals surface area contributed by atoms with Crippen LogP contribution in [-0.2, 0) is 0 Å². The molecule has 4 heteroatoms. The van der Waals surface area contributed by atoms with Gasteiger partial charge in [0.25, 0.3) is 0 Å². The molecule has 2 aromatic rings. The number of carbonyl (C=O) groups is 1. The number of nitrogens with one attached hydrogen (secondary N) is 1. The average molecular weight is 324 g/mol. The lowest BCUT2D eigenvalue weighted by molar-refractivity contribution is 0.188. The number of fused-ring (bicyclic) bond motifs is 1. The summed E-state index contributed by atoms with van der Waals surface area (Å²) in [7, 11) is 0. The number of carbonyl (C=O) groups excluding carboxylic acids is 1. The maximum absolute atomic E-state index is 12.9. The van der Waals surface area contributed by atoms with Crippen molar-refractivity contribution in [1.29, 1.82) is 0 Å². The third-order valence-electron chi connectivity index (χ3n) is 4.41. The van der Waals surface area contributed by atoms with E-state index in [0.29, 0.717) is 6.54 Å². The molecule has 0 radical (unpaired) electrons. The van der Waals surface area contributed by atoms with Crippen LogP contribution >= 0.6 is 0 Å². The van der Waals surface area contributed by atoms with E-state index in [1.165, 1.54) is 5.56 Å². The minimum Gasteiger partial charge on any atom is -0.486 e. The fraction of sp³-hybridized carbons (Fsp3) is 0.350. The minimum absolute atomic E-state index is 0.0186. The smallest absolute Gasteiger partial charge is 0.326 e. The summed E-state index contributed by atoms with van der Waals surface area (Å²) in [4.78, 5) is 14.7. The number of hydrogen-bond acceptors (Lipinski definition) is 2. The van der Waals surface area contributed by atoms with E-state index in [0.717, 1.165) is 34.7 Å². The topological polar surface area (TPSA) is 41.6 Å². The van der Waals surface area contributed by atoms with Crippen molar-refractivity contribution in [2.24, 2.45) is 0 Å². The van der Waals surface area contributed by atoms with Crippen molar-refractivity contribution < 1.29 is 9.53 Å². The molecule has 126 valence electrons. The molecule has 1 heterocycles. The Kier molecular flexibility index (Phi) is 4.47. The first-order valence-corrected chi connectivity index (χ1v) is 8.41. The molecule has 0 bridgehead atoms. The Balaban J connectivity index is 1.90. The zero-order valence-electron chi connectivity index (χ0n) is 14.7. The first kappa shape index (κ1) is 16.4. The highest BCUT2D eigenvalue weighted by molar-refractivity contribution is 6.03. The van der Waals surface area contributed by atoms with Gasteiger partial charge in [0.15, 0.2) is 0 Å². The van der Waals surface area contributed by atoms with Gasteiger partial charge < -0.3 is 10.1 Å². The number of hydrogen-bond donors (Lipinski definition) is 1. The van der Waals surface area contributed by atoms with E-state index in [9.17, 15) is 4.79 Å². The van der Waals surface area contributed by atoms with Crippen molar-refractivity contribution in [3.63, 3.8) is 0 Å². The van der Waals surface area contributed by atoms with Crippen LogP contribution in [0.15, 0.2) is 36.4 Å². The lowest BCUT2D eigenvalue weighted by atomic mass is 10.1. The monoisotopic (exact) mass is 324 g/mol. The van der Waals surface area contributed by atoms with Gasteiger partial charge in [-0.1, -0.05) is 30.7 Å². The number of nitrogens with zero attached hydrogens (tertiary/aromatic N) is 1. The number of rotatable bonds is 2. The molecule has 0 aromatic heterocycles. The maximum atomic E-state index is 12.9. The van der Waals surface area contributed by atoms with E-state index >= 15 is 0 Å². The predicted octanol–water partition coefficient (Wildman–Crippen LogP) is 4.82. The summed E-state index contributed by atoms with van der Waals surface area (Å²) in [6.45, 7) is 8.71. The van der Waals surface area contributed by atoms with Gasteiger partial charge in [0.05, 0.1) is 12.2 Å². The van der Waals surface area contributed by atoms with Gasteiger partial charge in [0.2, 0.25) is 0 Å². The van der Waals surface area contributed by atoms with Crippen molar-refractivity contribution in [3.8, 4) is 5.75 Å². The SMILES string of the molecule is CC[C@H]1CN(C(=O)Nc2ccc(C)cc2C)c2cc(C)ccc2O1. The highest BCUT2D eigenvalue weighted by Gasteiger charge is 2.29. The third kappa shape index (κ3) is 3.23. The summed E-state index contributed by atoms with van der Waals surface area (Å²) < 4.78 is 5.98. The fourth-order valence-corrected chi connectivity index (χ4v) is 3.00. The maximum Gasteiger partial charge on any atom is 0.326 e. The summed E-state index contributed by atoms with van der Waals surface area (Å²) in [5.74, 6) is 0.773. The summed E-state index contributed by atoms with van der Waals surface area (Å²) in [6, 6.07) is 11.9. The van der Waals surface area contributed by atoms with Gasteiger partial charge in [0, 0.05) is 5.69 Å². The van der Waals surface area contributed by atoms with E-state index in [2.05, 4.69) is 18.3 Å². The van der Waals surface area contributed by atoms with Crippen LogP contribution in [0.5, 0.6) is 5.75 Å². The third-order valence-corrected chi connectivity index (χ3v) is 4.41. The molecular weight excluding hydrogens is 300 g/mol. The average Bonchev–Trinajstić information content (AvgIpc) is 2.56. The molecule has 0 fully saturated rings. The molecular formula is C20H24N2O2. The van der Waals surface area contributed by atoms with E-state index in [-0.39, 0.29) is 12.1 Å². The molecule has 0 saturated heterocycles. The van der Waals surface area contributed by atoms with Crippen molar-refractivity contribution in [2.75, 3.05) is 16.8 Å². The van der Waals surface area contributed by atoms with Crippen LogP contribution in [0.2, 0.25) is 0 Å². The zero-order chi connectivity index (χ0) is 17.3. The largest absolute Gasteiger partial charge is 0.486 e. The van der Waals surface area contributed by atoms with Crippen LogP contribution in [-0.4, -0.2) is 18.7 Å². The van der Waals surface area contributed by atoms with E-state index < -0.39 is 0 Å². The molecule has 1 aliphatic rings. The first-order chi connectivity index (χ1) is 11.5. The van der Waals surface area contributed by atoms with Crippen molar-refractivity contribution in [2.45, 2.75) is 40.2 Å². The number of urea groups is 1. The number of anilines is 2. The van der Waals surface area contributed by atoms with Crippen LogP contribution < -0.4 is 15.0 Å². The number of ether oxygens (including phenoxy) is 1. The van der Waals surface area contributed by atoms with Gasteiger partial charge in [-0.25, -0.2) is 4.79 Å². The Hall–Kier alpha value is -2.49. The van der Waals surface area contributed by atoms with Crippen molar-refractivity contribution in [1.82, 2.24) is 0 Å². The highest BCUT2D eigenvalue weighted by atomic mass is 16.5. The Bertz CT molecular complexity index is 770. The minimum atomic E-state index is -0.115. The normalized spacial score (nSPS) is 16.3. The summed E-state index contributed by atoms with van der Waals surface area (Å²) in [5.41, 5.74) is 5.04. The Morgan fingerprint density at radius 2 is 1.88 bits per heavy atom. The van der Waals surface area contributed by atoms with Gasteiger partial charge in [-0.15, -0.1) is 0 Å². The van der Waals surface area contributed by atoms with Crippen molar-refractivity contribution in [3.05, 3.63) is 53.1 Å². The van der Waals surface area contributed by atoms with Crippen LogP contribution in [0.1, 0.15) is 30.0 Å². The molecule has 2 aromatic carbocycles. The molecule has 0 aliphatic carbocycles. The lowest BCUT2D eigenvalue weighted by Gasteiger charge is -2.35. The lowest BCUT2D eigenvalue weighted by Crippen LogP contribution is -2.45. The Labute approximate surface area is 143 Å². The van der Waals surface area contributed by atoms with E-state index in [1.54, 1.807) is 4.90 Å². The van der Waals surface area contributed by atoms with Crippen LogP contribution in [0.4, 0.5) is 16.2 Å². The predicted molar refractivity (Wildman–Crippen MR) is 98.2 cm³/mol. The Morgan fingerprint density at radius 3 is 2.58 bits per heavy atom. The molecule has 0 spiro atoms. The first-order valence-electron chi connectivity index (χ1n) is 8.41. The van der Waals surface area contributed by atoms with Gasteiger partial charge in [0.1, 0.15) is 11.9 Å². The second-order valence-corrected chi connectivity index (χ2v) is 6.48. The molecule has 1 N–H and O–H groups in total. The quantitative estimate of drug-likeness (QED) is 0.860.